The monoisotopic (exact) mass is 424 g/mol. The predicted molar refractivity (Wildman–Crippen MR) is 115 cm³/mol. The number of aryl methyl sites for hydroxylation is 2. The van der Waals surface area contributed by atoms with Crippen molar-refractivity contribution in [3.05, 3.63) is 75.9 Å². The van der Waals surface area contributed by atoms with Crippen LogP contribution in [0.1, 0.15) is 42.8 Å². The topological polar surface area (TPSA) is 73.8 Å². The first kappa shape index (κ1) is 20.3. The summed E-state index contributed by atoms with van der Waals surface area (Å²) >= 11 is 1.32. The average Bonchev–Trinajstić information content (AvgIpc) is 3.20. The van der Waals surface area contributed by atoms with E-state index < -0.39 is 0 Å². The molecule has 2 aromatic carbocycles. The maximum absolute atomic E-state index is 14.3. The first-order valence-electron chi connectivity index (χ1n) is 9.75. The molecule has 0 saturated carbocycles. The Morgan fingerprint density at radius 3 is 2.77 bits per heavy atom. The van der Waals surface area contributed by atoms with Gasteiger partial charge in [-0.2, -0.15) is 4.98 Å². The molecule has 30 heavy (non-hydrogen) atoms. The third-order valence-electron chi connectivity index (χ3n) is 4.75. The summed E-state index contributed by atoms with van der Waals surface area (Å²) in [6.07, 6.45) is 1.66. The van der Waals surface area contributed by atoms with E-state index in [2.05, 4.69) is 15.1 Å². The number of hydrogen-bond acceptors (Lipinski definition) is 6. The van der Waals surface area contributed by atoms with E-state index in [-0.39, 0.29) is 16.6 Å². The zero-order chi connectivity index (χ0) is 21.3. The van der Waals surface area contributed by atoms with Crippen molar-refractivity contribution in [1.29, 1.82) is 0 Å². The molecule has 4 rings (SSSR count). The Labute approximate surface area is 177 Å². The van der Waals surface area contributed by atoms with E-state index >= 15 is 0 Å². The number of aromatic nitrogens is 4. The molecule has 1 unspecified atom stereocenters. The van der Waals surface area contributed by atoms with Crippen LogP contribution < -0.4 is 5.56 Å². The Hall–Kier alpha value is -3.00. The van der Waals surface area contributed by atoms with Gasteiger partial charge in [0.25, 0.3) is 5.56 Å². The molecule has 0 fully saturated rings. The second kappa shape index (κ2) is 8.39. The third-order valence-corrected chi connectivity index (χ3v) is 5.79. The molecule has 2 aromatic heterocycles. The highest BCUT2D eigenvalue weighted by Gasteiger charge is 2.21. The summed E-state index contributed by atoms with van der Waals surface area (Å²) in [4.78, 5) is 22.4. The van der Waals surface area contributed by atoms with Crippen molar-refractivity contribution in [2.24, 2.45) is 0 Å². The molecular formula is C22H21FN4O2S. The van der Waals surface area contributed by atoms with Crippen LogP contribution in [0, 0.1) is 12.7 Å². The van der Waals surface area contributed by atoms with Crippen LogP contribution in [-0.4, -0.2) is 19.7 Å². The van der Waals surface area contributed by atoms with E-state index in [1.54, 1.807) is 37.3 Å². The lowest BCUT2D eigenvalue weighted by Gasteiger charge is -2.15. The van der Waals surface area contributed by atoms with Crippen LogP contribution in [0.3, 0.4) is 0 Å². The fraction of sp³-hybridized carbons (Fsp3) is 0.273. The second-order valence-electron chi connectivity index (χ2n) is 7.04. The number of rotatable bonds is 6. The molecule has 2 heterocycles. The number of fused-ring (bicyclic) bond motifs is 1. The van der Waals surface area contributed by atoms with Crippen molar-refractivity contribution < 1.29 is 8.91 Å². The van der Waals surface area contributed by atoms with Gasteiger partial charge in [0.15, 0.2) is 11.0 Å². The summed E-state index contributed by atoms with van der Waals surface area (Å²) in [6, 6.07) is 11.9. The molecule has 8 heteroatoms. The Morgan fingerprint density at radius 1 is 1.20 bits per heavy atom. The SMILES string of the molecule is CCCc1noc(C(C)Sc2nc3ccccc3c(=O)n2-c2ccc(C)c(F)c2)n1. The van der Waals surface area contributed by atoms with Crippen molar-refractivity contribution >= 4 is 22.7 Å². The van der Waals surface area contributed by atoms with Gasteiger partial charge in [-0.25, -0.2) is 9.37 Å². The van der Waals surface area contributed by atoms with Crippen molar-refractivity contribution in [2.45, 2.75) is 44.0 Å². The number of halogens is 1. The van der Waals surface area contributed by atoms with E-state index in [0.717, 1.165) is 12.8 Å². The largest absolute Gasteiger partial charge is 0.338 e. The highest BCUT2D eigenvalue weighted by atomic mass is 32.2. The lowest BCUT2D eigenvalue weighted by Crippen LogP contribution is -2.22. The third kappa shape index (κ3) is 3.87. The van der Waals surface area contributed by atoms with E-state index in [9.17, 15) is 9.18 Å². The molecule has 154 valence electrons. The zero-order valence-electron chi connectivity index (χ0n) is 16.9. The van der Waals surface area contributed by atoms with Crippen LogP contribution in [0.4, 0.5) is 4.39 Å². The standard InChI is InChI=1S/C22H21FN4O2S/c1-4-7-19-25-20(29-26-19)14(3)30-22-24-18-9-6-5-8-16(18)21(28)27(22)15-11-10-13(2)17(23)12-15/h5-6,8-12,14H,4,7H2,1-3H3. The Morgan fingerprint density at radius 2 is 2.00 bits per heavy atom. The summed E-state index contributed by atoms with van der Waals surface area (Å²) in [5.41, 5.74) is 1.26. The quantitative estimate of drug-likeness (QED) is 0.320. The molecule has 1 atom stereocenters. The maximum atomic E-state index is 14.3. The smallest absolute Gasteiger partial charge is 0.266 e. The molecule has 0 radical (unpaired) electrons. The fourth-order valence-corrected chi connectivity index (χ4v) is 4.06. The highest BCUT2D eigenvalue weighted by molar-refractivity contribution is 7.99. The van der Waals surface area contributed by atoms with E-state index in [0.29, 0.717) is 39.0 Å². The molecular weight excluding hydrogens is 403 g/mol. The number of nitrogens with zero attached hydrogens (tertiary/aromatic N) is 4. The van der Waals surface area contributed by atoms with Gasteiger partial charge in [0.05, 0.1) is 21.8 Å². The van der Waals surface area contributed by atoms with E-state index in [1.165, 1.54) is 22.4 Å². The van der Waals surface area contributed by atoms with Gasteiger partial charge in [-0.15, -0.1) is 0 Å². The second-order valence-corrected chi connectivity index (χ2v) is 8.35. The number of benzene rings is 2. The normalized spacial score (nSPS) is 12.4. The number of hydrogen-bond donors (Lipinski definition) is 0. The molecule has 0 bridgehead atoms. The lowest BCUT2D eigenvalue weighted by molar-refractivity contribution is 0.374. The van der Waals surface area contributed by atoms with Crippen molar-refractivity contribution in [2.75, 3.05) is 0 Å². The Kier molecular flexibility index (Phi) is 5.67. The minimum absolute atomic E-state index is 0.238. The Balaban J connectivity index is 1.82. The van der Waals surface area contributed by atoms with Gasteiger partial charge < -0.3 is 4.52 Å². The first-order chi connectivity index (χ1) is 14.5. The average molecular weight is 425 g/mol. The molecule has 0 aliphatic carbocycles. The van der Waals surface area contributed by atoms with E-state index in [1.807, 2.05) is 19.9 Å². The molecule has 4 aromatic rings. The van der Waals surface area contributed by atoms with Gasteiger partial charge >= 0.3 is 0 Å². The summed E-state index contributed by atoms with van der Waals surface area (Å²) in [5.74, 6) is 0.745. The predicted octanol–water partition coefficient (Wildman–Crippen LogP) is 5.02. The molecule has 0 saturated heterocycles. The summed E-state index contributed by atoms with van der Waals surface area (Å²) in [7, 11) is 0. The molecule has 0 spiro atoms. The van der Waals surface area contributed by atoms with Gasteiger partial charge in [-0.3, -0.25) is 9.36 Å². The van der Waals surface area contributed by atoms with Gasteiger partial charge in [-0.1, -0.05) is 42.0 Å². The molecule has 0 aliphatic rings. The van der Waals surface area contributed by atoms with Crippen molar-refractivity contribution in [3.8, 4) is 5.69 Å². The molecule has 0 amide bonds. The number of thioether (sulfide) groups is 1. The summed E-state index contributed by atoms with van der Waals surface area (Å²) < 4.78 is 21.1. The Bertz CT molecular complexity index is 1270. The van der Waals surface area contributed by atoms with Crippen LogP contribution >= 0.6 is 11.8 Å². The van der Waals surface area contributed by atoms with Gasteiger partial charge in [0.2, 0.25) is 5.89 Å². The first-order valence-corrected chi connectivity index (χ1v) is 10.6. The van der Waals surface area contributed by atoms with Crippen molar-refractivity contribution in [3.63, 3.8) is 0 Å². The van der Waals surface area contributed by atoms with Crippen LogP contribution in [0.25, 0.3) is 16.6 Å². The zero-order valence-corrected chi connectivity index (χ0v) is 17.7. The van der Waals surface area contributed by atoms with Crippen LogP contribution in [0.15, 0.2) is 56.9 Å². The minimum atomic E-state index is -0.377. The highest BCUT2D eigenvalue weighted by Crippen LogP contribution is 2.34. The van der Waals surface area contributed by atoms with E-state index in [4.69, 9.17) is 4.52 Å². The van der Waals surface area contributed by atoms with Gasteiger partial charge in [-0.05, 0) is 50.1 Å². The maximum Gasteiger partial charge on any atom is 0.266 e. The minimum Gasteiger partial charge on any atom is -0.338 e. The van der Waals surface area contributed by atoms with Gasteiger partial charge in [0.1, 0.15) is 5.82 Å². The molecule has 6 nitrogen and oxygen atoms in total. The molecule has 0 N–H and O–H groups in total. The lowest BCUT2D eigenvalue weighted by atomic mass is 10.2. The van der Waals surface area contributed by atoms with Crippen molar-refractivity contribution in [1.82, 2.24) is 19.7 Å². The fourth-order valence-electron chi connectivity index (χ4n) is 3.11. The number of para-hydroxylation sites is 1. The van der Waals surface area contributed by atoms with Gasteiger partial charge in [0, 0.05) is 6.42 Å². The van der Waals surface area contributed by atoms with Crippen LogP contribution in [-0.2, 0) is 6.42 Å². The molecule has 0 aliphatic heterocycles. The van der Waals surface area contributed by atoms with Crippen LogP contribution in [0.5, 0.6) is 0 Å². The summed E-state index contributed by atoms with van der Waals surface area (Å²) in [6.45, 7) is 5.64. The summed E-state index contributed by atoms with van der Waals surface area (Å²) in [5, 5.41) is 4.67. The van der Waals surface area contributed by atoms with Crippen LogP contribution in [0.2, 0.25) is 0 Å².